The van der Waals surface area contributed by atoms with Gasteiger partial charge in [0.25, 0.3) is 0 Å². The van der Waals surface area contributed by atoms with Crippen molar-refractivity contribution < 1.29 is 0 Å². The Hall–Kier alpha value is -1.36. The first kappa shape index (κ1) is 12.7. The van der Waals surface area contributed by atoms with Gasteiger partial charge in [-0.1, -0.05) is 20.3 Å². The maximum absolute atomic E-state index is 5.99. The van der Waals surface area contributed by atoms with Crippen molar-refractivity contribution in [3.8, 4) is 0 Å². The second kappa shape index (κ2) is 4.63. The maximum atomic E-state index is 5.99. The third kappa shape index (κ3) is 2.27. The van der Waals surface area contributed by atoms with E-state index >= 15 is 0 Å². The van der Waals surface area contributed by atoms with Crippen LogP contribution in [0.5, 0.6) is 0 Å². The van der Waals surface area contributed by atoms with Crippen molar-refractivity contribution in [1.29, 1.82) is 0 Å². The van der Waals surface area contributed by atoms with Gasteiger partial charge in [0.1, 0.15) is 5.82 Å². The summed E-state index contributed by atoms with van der Waals surface area (Å²) in [5.74, 6) is 0.905. The zero-order valence-electron chi connectivity index (χ0n) is 11.3. The van der Waals surface area contributed by atoms with Crippen LogP contribution in [0.1, 0.15) is 33.1 Å². The van der Waals surface area contributed by atoms with Crippen molar-refractivity contribution in [1.82, 2.24) is 20.2 Å². The molecule has 0 aromatic carbocycles. The molecule has 0 aliphatic carbocycles. The number of halogens is 1. The number of rotatable bonds is 2. The van der Waals surface area contributed by atoms with Crippen LogP contribution >= 0.6 is 11.6 Å². The number of nitrogens with zero attached hydrogens (tertiary/aromatic N) is 4. The van der Waals surface area contributed by atoms with Crippen LogP contribution in [0.4, 0.5) is 5.82 Å². The van der Waals surface area contributed by atoms with Gasteiger partial charge in [-0.05, 0) is 29.9 Å². The topological polar surface area (TPSA) is 57.7 Å². The quantitative estimate of drug-likeness (QED) is 0.859. The zero-order chi connectivity index (χ0) is 13.5. The second-order valence-electron chi connectivity index (χ2n) is 5.60. The van der Waals surface area contributed by atoms with Gasteiger partial charge in [-0.3, -0.25) is 5.10 Å². The van der Waals surface area contributed by atoms with Gasteiger partial charge >= 0.3 is 0 Å². The summed E-state index contributed by atoms with van der Waals surface area (Å²) in [5.41, 5.74) is 1.17. The summed E-state index contributed by atoms with van der Waals surface area (Å²) in [6, 6.07) is 0. The number of hydrogen-bond acceptors (Lipinski definition) is 4. The minimum Gasteiger partial charge on any atom is -0.356 e. The van der Waals surface area contributed by atoms with Crippen LogP contribution in [0.25, 0.3) is 11.0 Å². The van der Waals surface area contributed by atoms with Gasteiger partial charge in [-0.25, -0.2) is 0 Å². The van der Waals surface area contributed by atoms with Crippen molar-refractivity contribution in [2.24, 2.45) is 5.41 Å². The summed E-state index contributed by atoms with van der Waals surface area (Å²) < 4.78 is 0. The second-order valence-corrected chi connectivity index (χ2v) is 5.94. The Bertz CT molecular complexity index is 586. The van der Waals surface area contributed by atoms with E-state index in [0.717, 1.165) is 24.3 Å². The van der Waals surface area contributed by atoms with Gasteiger partial charge in [-0.2, -0.15) is 15.1 Å². The van der Waals surface area contributed by atoms with Gasteiger partial charge in [0.15, 0.2) is 5.65 Å². The maximum Gasteiger partial charge on any atom is 0.226 e. The van der Waals surface area contributed by atoms with Crippen LogP contribution in [0.15, 0.2) is 6.20 Å². The average Bonchev–Trinajstić information content (AvgIpc) is 2.87. The molecule has 2 aromatic heterocycles. The Morgan fingerprint density at radius 3 is 2.79 bits per heavy atom. The lowest BCUT2D eigenvalue weighted by Gasteiger charge is -2.39. The van der Waals surface area contributed by atoms with Gasteiger partial charge in [-0.15, -0.1) is 0 Å². The Labute approximate surface area is 117 Å². The van der Waals surface area contributed by atoms with Gasteiger partial charge in [0, 0.05) is 13.1 Å². The molecule has 2 aromatic rings. The highest BCUT2D eigenvalue weighted by atomic mass is 35.5. The van der Waals surface area contributed by atoms with Gasteiger partial charge < -0.3 is 4.90 Å². The normalized spacial score (nSPS) is 19.0. The summed E-state index contributed by atoms with van der Waals surface area (Å²) in [6.45, 7) is 6.66. The predicted octanol–water partition coefficient (Wildman–Crippen LogP) is 3.02. The van der Waals surface area contributed by atoms with E-state index < -0.39 is 0 Å². The van der Waals surface area contributed by atoms with E-state index in [0.29, 0.717) is 11.1 Å². The van der Waals surface area contributed by atoms with Crippen molar-refractivity contribution in [2.75, 3.05) is 18.0 Å². The molecule has 0 unspecified atom stereocenters. The predicted molar refractivity (Wildman–Crippen MR) is 76.5 cm³/mol. The molecule has 1 saturated heterocycles. The Kier molecular flexibility index (Phi) is 3.09. The van der Waals surface area contributed by atoms with Crippen LogP contribution in [-0.2, 0) is 0 Å². The summed E-state index contributed by atoms with van der Waals surface area (Å²) in [6.07, 6.45) is 5.37. The van der Waals surface area contributed by atoms with Crippen molar-refractivity contribution >= 4 is 28.5 Å². The molecular weight excluding hydrogens is 262 g/mol. The van der Waals surface area contributed by atoms with Crippen LogP contribution in [0, 0.1) is 5.41 Å². The number of aromatic amines is 1. The molecule has 0 bridgehead atoms. The molecule has 0 atom stereocenters. The molecule has 3 heterocycles. The fraction of sp³-hybridized carbons (Fsp3) is 0.615. The fourth-order valence-corrected chi connectivity index (χ4v) is 2.81. The number of piperidine rings is 1. The summed E-state index contributed by atoms with van der Waals surface area (Å²) in [7, 11) is 0. The van der Waals surface area contributed by atoms with Gasteiger partial charge in [0.05, 0.1) is 11.6 Å². The third-order valence-electron chi connectivity index (χ3n) is 4.39. The standard InChI is InChI=1S/C13H18ClN5/c1-3-13(2)4-6-19(7-5-13)11-9-8-15-18-10(9)16-12(14)17-11/h8H,3-7H2,1-2H3,(H,15,16,17,18). The monoisotopic (exact) mass is 279 g/mol. The molecule has 0 spiro atoms. The molecular formula is C13H18ClN5. The highest BCUT2D eigenvalue weighted by Gasteiger charge is 2.29. The Balaban J connectivity index is 1.91. The van der Waals surface area contributed by atoms with Crippen LogP contribution < -0.4 is 4.90 Å². The minimum absolute atomic E-state index is 0.274. The number of H-pyrrole nitrogens is 1. The Morgan fingerprint density at radius 2 is 2.11 bits per heavy atom. The summed E-state index contributed by atoms with van der Waals surface area (Å²) in [5, 5.41) is 8.11. The van der Waals surface area contributed by atoms with Gasteiger partial charge in [0.2, 0.25) is 5.28 Å². The fourth-order valence-electron chi connectivity index (χ4n) is 2.65. The van der Waals surface area contributed by atoms with E-state index in [-0.39, 0.29) is 5.28 Å². The third-order valence-corrected chi connectivity index (χ3v) is 4.56. The molecule has 1 N–H and O–H groups in total. The van der Waals surface area contributed by atoms with Crippen LogP contribution in [0.3, 0.4) is 0 Å². The number of fused-ring (bicyclic) bond motifs is 1. The first-order valence-electron chi connectivity index (χ1n) is 6.73. The molecule has 6 heteroatoms. The highest BCUT2D eigenvalue weighted by molar-refractivity contribution is 6.28. The molecule has 1 fully saturated rings. The van der Waals surface area contributed by atoms with E-state index in [2.05, 4.69) is 38.9 Å². The first-order chi connectivity index (χ1) is 9.11. The number of anilines is 1. The van der Waals surface area contributed by atoms with E-state index in [4.69, 9.17) is 11.6 Å². The number of aromatic nitrogens is 4. The summed E-state index contributed by atoms with van der Waals surface area (Å²) >= 11 is 5.99. The largest absolute Gasteiger partial charge is 0.356 e. The molecule has 5 nitrogen and oxygen atoms in total. The molecule has 1 aliphatic rings. The SMILES string of the molecule is CCC1(C)CCN(c2nc(Cl)nc3[nH]ncc23)CC1. The van der Waals surface area contributed by atoms with Crippen molar-refractivity contribution in [2.45, 2.75) is 33.1 Å². The average molecular weight is 280 g/mol. The highest BCUT2D eigenvalue weighted by Crippen LogP contribution is 2.36. The lowest BCUT2D eigenvalue weighted by Crippen LogP contribution is -2.39. The van der Waals surface area contributed by atoms with Crippen molar-refractivity contribution in [3.63, 3.8) is 0 Å². The van der Waals surface area contributed by atoms with E-state index in [1.54, 1.807) is 6.20 Å². The van der Waals surface area contributed by atoms with E-state index in [9.17, 15) is 0 Å². The van der Waals surface area contributed by atoms with E-state index in [1.165, 1.54) is 19.3 Å². The zero-order valence-corrected chi connectivity index (χ0v) is 12.0. The molecule has 102 valence electrons. The van der Waals surface area contributed by atoms with Crippen molar-refractivity contribution in [3.05, 3.63) is 11.5 Å². The molecule has 1 aliphatic heterocycles. The van der Waals surface area contributed by atoms with E-state index in [1.807, 2.05) is 0 Å². The lowest BCUT2D eigenvalue weighted by atomic mass is 9.78. The lowest BCUT2D eigenvalue weighted by molar-refractivity contribution is 0.238. The molecule has 0 radical (unpaired) electrons. The number of nitrogens with one attached hydrogen (secondary N) is 1. The van der Waals surface area contributed by atoms with Crippen LogP contribution in [0.2, 0.25) is 5.28 Å². The molecule has 0 amide bonds. The molecule has 19 heavy (non-hydrogen) atoms. The minimum atomic E-state index is 0.274. The Morgan fingerprint density at radius 1 is 1.37 bits per heavy atom. The molecule has 3 rings (SSSR count). The number of hydrogen-bond donors (Lipinski definition) is 1. The smallest absolute Gasteiger partial charge is 0.226 e. The van der Waals surface area contributed by atoms with Crippen LogP contribution in [-0.4, -0.2) is 33.3 Å². The summed E-state index contributed by atoms with van der Waals surface area (Å²) in [4.78, 5) is 10.8. The first-order valence-corrected chi connectivity index (χ1v) is 7.11. The molecule has 0 saturated carbocycles.